The lowest BCUT2D eigenvalue weighted by molar-refractivity contribution is -0.115. The molecule has 0 bridgehead atoms. The van der Waals surface area contributed by atoms with Gasteiger partial charge in [0.1, 0.15) is 17.3 Å². The number of carbonyl (C=O) groups excluding carboxylic acids is 1. The largest absolute Gasteiger partial charge is 0.505 e. The average Bonchev–Trinajstić information content (AvgIpc) is 3.15. The molecule has 30 heavy (non-hydrogen) atoms. The molecule has 2 aromatic carbocycles. The summed E-state index contributed by atoms with van der Waals surface area (Å²) in [6.45, 7) is 3.68. The number of carbonyl (C=O) groups is 1. The molecular weight excluding hydrogens is 443 g/mol. The van der Waals surface area contributed by atoms with E-state index < -0.39 is 5.91 Å². The summed E-state index contributed by atoms with van der Waals surface area (Å²) < 4.78 is 5.71. The number of hydrogen-bond donors (Lipinski definition) is 3. The second-order valence-corrected chi connectivity index (χ2v) is 7.75. The topological polar surface area (TPSA) is 74.5 Å². The van der Waals surface area contributed by atoms with Gasteiger partial charge in [0.2, 0.25) is 5.91 Å². The van der Waals surface area contributed by atoms with Crippen molar-refractivity contribution in [3.05, 3.63) is 75.5 Å². The molecule has 8 heteroatoms. The molecule has 0 saturated heterocycles. The van der Waals surface area contributed by atoms with Gasteiger partial charge in [0.05, 0.1) is 15.7 Å². The number of hydrogen-bond acceptors (Lipinski definition) is 4. The number of furan rings is 1. The molecular formula is C22H18Cl2N2O3S. The summed E-state index contributed by atoms with van der Waals surface area (Å²) in [6, 6.07) is 12.3. The molecule has 0 atom stereocenters. The Labute approximate surface area is 189 Å². The number of nitrogens with one attached hydrogen (secondary N) is 2. The van der Waals surface area contributed by atoms with Crippen LogP contribution in [0.4, 0.5) is 5.69 Å². The first-order chi connectivity index (χ1) is 14.2. The van der Waals surface area contributed by atoms with E-state index in [2.05, 4.69) is 10.6 Å². The minimum atomic E-state index is -0.449. The van der Waals surface area contributed by atoms with Crippen molar-refractivity contribution in [1.82, 2.24) is 5.32 Å². The number of phenolic OH excluding ortho intramolecular Hbond substituents is 1. The molecule has 5 nitrogen and oxygen atoms in total. The van der Waals surface area contributed by atoms with Crippen molar-refractivity contribution >= 4 is 58.2 Å². The summed E-state index contributed by atoms with van der Waals surface area (Å²) in [7, 11) is 0. The number of aromatic hydroxyl groups is 1. The molecule has 154 valence electrons. The third-order valence-electron chi connectivity index (χ3n) is 4.17. The molecule has 3 aromatic rings. The van der Waals surface area contributed by atoms with E-state index in [-0.39, 0.29) is 10.9 Å². The zero-order chi connectivity index (χ0) is 21.8. The highest BCUT2D eigenvalue weighted by Gasteiger charge is 2.11. The lowest BCUT2D eigenvalue weighted by Crippen LogP contribution is -2.32. The fourth-order valence-electron chi connectivity index (χ4n) is 2.80. The second kappa shape index (κ2) is 9.34. The van der Waals surface area contributed by atoms with Gasteiger partial charge in [-0.15, -0.1) is 0 Å². The standard InChI is InChI=1S/C22H18Cl2N2O3S/c1-12-10-13(2)21(28)17(11-12)25-22(30)26-19(27)9-7-14-6-8-18(29-14)15-4-3-5-16(23)20(15)24/h3-11,28H,1-2H3,(H2,25,26,27,30). The molecule has 0 saturated carbocycles. The van der Waals surface area contributed by atoms with Crippen molar-refractivity contribution in [2.24, 2.45) is 0 Å². The molecule has 3 rings (SSSR count). The van der Waals surface area contributed by atoms with Crippen LogP contribution in [0.25, 0.3) is 17.4 Å². The lowest BCUT2D eigenvalue weighted by Gasteiger charge is -2.12. The zero-order valence-electron chi connectivity index (χ0n) is 16.1. The minimum absolute atomic E-state index is 0.0655. The number of aryl methyl sites for hydroxylation is 2. The van der Waals surface area contributed by atoms with Gasteiger partial charge in [0.15, 0.2) is 5.11 Å². The predicted octanol–water partition coefficient (Wildman–Crippen LogP) is 6.10. The Kier molecular flexibility index (Phi) is 6.82. The Morgan fingerprint density at radius 3 is 2.70 bits per heavy atom. The van der Waals surface area contributed by atoms with Crippen LogP contribution >= 0.6 is 35.4 Å². The monoisotopic (exact) mass is 460 g/mol. The van der Waals surface area contributed by atoms with Crippen LogP contribution in [-0.4, -0.2) is 16.1 Å². The SMILES string of the molecule is Cc1cc(C)c(O)c(NC(=S)NC(=O)C=Cc2ccc(-c3cccc(Cl)c3Cl)o2)c1. The molecule has 0 aliphatic carbocycles. The number of amides is 1. The van der Waals surface area contributed by atoms with Crippen LogP contribution < -0.4 is 10.6 Å². The Hall–Kier alpha value is -2.80. The molecule has 0 fully saturated rings. The van der Waals surface area contributed by atoms with E-state index in [1.165, 1.54) is 12.2 Å². The van der Waals surface area contributed by atoms with Gasteiger partial charge in [-0.1, -0.05) is 35.3 Å². The van der Waals surface area contributed by atoms with Crippen molar-refractivity contribution in [3.63, 3.8) is 0 Å². The summed E-state index contributed by atoms with van der Waals surface area (Å²) in [4.78, 5) is 12.1. The number of anilines is 1. The van der Waals surface area contributed by atoms with Crippen LogP contribution in [0.3, 0.4) is 0 Å². The van der Waals surface area contributed by atoms with Gasteiger partial charge in [0, 0.05) is 11.6 Å². The highest BCUT2D eigenvalue weighted by molar-refractivity contribution is 7.80. The first-order valence-corrected chi connectivity index (χ1v) is 10.1. The van der Waals surface area contributed by atoms with E-state index in [1.807, 2.05) is 13.0 Å². The van der Waals surface area contributed by atoms with Crippen molar-refractivity contribution in [2.75, 3.05) is 5.32 Å². The van der Waals surface area contributed by atoms with Crippen LogP contribution in [0, 0.1) is 13.8 Å². The summed E-state index contributed by atoms with van der Waals surface area (Å²) in [5.74, 6) is 0.623. The van der Waals surface area contributed by atoms with Crippen molar-refractivity contribution in [1.29, 1.82) is 0 Å². The van der Waals surface area contributed by atoms with Crippen LogP contribution in [0.5, 0.6) is 5.75 Å². The van der Waals surface area contributed by atoms with Gasteiger partial charge in [-0.05, 0) is 73.6 Å². The highest BCUT2D eigenvalue weighted by Crippen LogP contribution is 2.34. The van der Waals surface area contributed by atoms with Crippen LogP contribution in [0.2, 0.25) is 10.0 Å². The van der Waals surface area contributed by atoms with E-state index in [9.17, 15) is 9.90 Å². The maximum atomic E-state index is 12.1. The lowest BCUT2D eigenvalue weighted by atomic mass is 10.1. The molecule has 0 aliphatic heterocycles. The van der Waals surface area contributed by atoms with Crippen molar-refractivity contribution in [3.8, 4) is 17.1 Å². The first kappa shape index (κ1) is 21.9. The number of halogens is 2. The van der Waals surface area contributed by atoms with Crippen LogP contribution in [0.15, 0.2) is 53.0 Å². The minimum Gasteiger partial charge on any atom is -0.505 e. The van der Waals surface area contributed by atoms with Crippen molar-refractivity contribution in [2.45, 2.75) is 13.8 Å². The summed E-state index contributed by atoms with van der Waals surface area (Å²) in [5, 5.41) is 16.3. The molecule has 1 heterocycles. The molecule has 0 spiro atoms. The third kappa shape index (κ3) is 5.21. The normalized spacial score (nSPS) is 10.9. The maximum absolute atomic E-state index is 12.1. The number of thiocarbonyl (C=S) groups is 1. The summed E-state index contributed by atoms with van der Waals surface area (Å²) >= 11 is 17.4. The van der Waals surface area contributed by atoms with E-state index in [4.69, 9.17) is 39.8 Å². The number of benzene rings is 2. The number of rotatable bonds is 4. The Balaban J connectivity index is 1.63. The van der Waals surface area contributed by atoms with Crippen LogP contribution in [-0.2, 0) is 4.79 Å². The molecule has 0 unspecified atom stereocenters. The smallest absolute Gasteiger partial charge is 0.250 e. The van der Waals surface area contributed by atoms with Gasteiger partial charge < -0.3 is 14.8 Å². The molecule has 0 aliphatic rings. The van der Waals surface area contributed by atoms with Gasteiger partial charge in [0.25, 0.3) is 0 Å². The Morgan fingerprint density at radius 1 is 1.17 bits per heavy atom. The summed E-state index contributed by atoms with van der Waals surface area (Å²) in [6.07, 6.45) is 2.80. The van der Waals surface area contributed by atoms with Crippen LogP contribution in [0.1, 0.15) is 16.9 Å². The van der Waals surface area contributed by atoms with E-state index in [0.29, 0.717) is 38.4 Å². The van der Waals surface area contributed by atoms with Gasteiger partial charge >= 0.3 is 0 Å². The van der Waals surface area contributed by atoms with Gasteiger partial charge in [-0.3, -0.25) is 10.1 Å². The maximum Gasteiger partial charge on any atom is 0.250 e. The van der Waals surface area contributed by atoms with E-state index >= 15 is 0 Å². The van der Waals surface area contributed by atoms with Gasteiger partial charge in [-0.2, -0.15) is 0 Å². The molecule has 1 aromatic heterocycles. The van der Waals surface area contributed by atoms with E-state index in [1.54, 1.807) is 43.3 Å². The van der Waals surface area contributed by atoms with E-state index in [0.717, 1.165) is 5.56 Å². The third-order valence-corrected chi connectivity index (χ3v) is 5.20. The fraction of sp³-hybridized carbons (Fsp3) is 0.0909. The average molecular weight is 461 g/mol. The molecule has 0 radical (unpaired) electrons. The highest BCUT2D eigenvalue weighted by atomic mass is 35.5. The Bertz CT molecular complexity index is 1160. The molecule has 1 amide bonds. The zero-order valence-corrected chi connectivity index (χ0v) is 18.5. The number of phenols is 1. The van der Waals surface area contributed by atoms with Crippen molar-refractivity contribution < 1.29 is 14.3 Å². The molecule has 3 N–H and O–H groups in total. The Morgan fingerprint density at radius 2 is 1.93 bits per heavy atom. The second-order valence-electron chi connectivity index (χ2n) is 6.56. The summed E-state index contributed by atoms with van der Waals surface area (Å²) in [5.41, 5.74) is 2.75. The predicted molar refractivity (Wildman–Crippen MR) is 125 cm³/mol. The quantitative estimate of drug-likeness (QED) is 0.249. The fourth-order valence-corrected chi connectivity index (χ4v) is 3.41. The first-order valence-electron chi connectivity index (χ1n) is 8.89. The van der Waals surface area contributed by atoms with Gasteiger partial charge in [-0.25, -0.2) is 0 Å².